The number of Topliss-reactive ketones (excluding diaryl/α,β-unsaturated/α-hetero) is 1. The van der Waals surface area contributed by atoms with Gasteiger partial charge in [-0.25, -0.2) is 5.48 Å². The van der Waals surface area contributed by atoms with Crippen LogP contribution in [0.15, 0.2) is 30.3 Å². The highest BCUT2D eigenvalue weighted by Gasteiger charge is 2.20. The van der Waals surface area contributed by atoms with Crippen LogP contribution in [0.1, 0.15) is 23.7 Å². The highest BCUT2D eigenvalue weighted by Crippen LogP contribution is 2.01. The molecule has 3 N–H and O–H groups in total. The minimum atomic E-state index is -0.954. The van der Waals surface area contributed by atoms with Gasteiger partial charge in [0.2, 0.25) is 5.91 Å². The van der Waals surface area contributed by atoms with E-state index in [4.69, 9.17) is 5.21 Å². The molecule has 0 aliphatic rings. The Balaban J connectivity index is 2.70. The summed E-state index contributed by atoms with van der Waals surface area (Å²) in [7, 11) is 0. The molecule has 0 fully saturated rings. The average molecular weight is 250 g/mol. The average Bonchev–Trinajstić information content (AvgIpc) is 2.38. The van der Waals surface area contributed by atoms with Crippen LogP contribution in [0.4, 0.5) is 0 Å². The molecule has 0 bridgehead atoms. The first-order chi connectivity index (χ1) is 8.54. The molecule has 1 atom stereocenters. The lowest BCUT2D eigenvalue weighted by Gasteiger charge is -2.14. The van der Waals surface area contributed by atoms with Crippen molar-refractivity contribution in [3.63, 3.8) is 0 Å². The van der Waals surface area contributed by atoms with Crippen LogP contribution >= 0.6 is 0 Å². The molecule has 1 aromatic carbocycles. The lowest BCUT2D eigenvalue weighted by atomic mass is 10.1. The maximum atomic E-state index is 11.8. The largest absolute Gasteiger partial charge is 0.342 e. The van der Waals surface area contributed by atoms with Crippen LogP contribution in [-0.4, -0.2) is 28.8 Å². The van der Waals surface area contributed by atoms with Crippen LogP contribution < -0.4 is 10.8 Å². The molecule has 0 heterocycles. The van der Waals surface area contributed by atoms with Crippen LogP contribution in [0.5, 0.6) is 0 Å². The zero-order chi connectivity index (χ0) is 13.5. The Morgan fingerprint density at radius 2 is 1.83 bits per heavy atom. The van der Waals surface area contributed by atoms with Crippen LogP contribution in [0.2, 0.25) is 0 Å². The molecule has 0 saturated heterocycles. The Labute approximate surface area is 104 Å². The maximum Gasteiger partial charge on any atom is 0.251 e. The van der Waals surface area contributed by atoms with E-state index < -0.39 is 17.9 Å². The van der Waals surface area contributed by atoms with Gasteiger partial charge in [-0.1, -0.05) is 18.2 Å². The summed E-state index contributed by atoms with van der Waals surface area (Å²) in [5.41, 5.74) is 1.82. The van der Waals surface area contributed by atoms with Crippen molar-refractivity contribution in [1.29, 1.82) is 0 Å². The van der Waals surface area contributed by atoms with Crippen LogP contribution in [0, 0.1) is 0 Å². The van der Waals surface area contributed by atoms with Crippen molar-refractivity contribution in [1.82, 2.24) is 10.8 Å². The van der Waals surface area contributed by atoms with Gasteiger partial charge in [-0.2, -0.15) is 0 Å². The number of hydrogen-bond donors (Lipinski definition) is 3. The van der Waals surface area contributed by atoms with Crippen LogP contribution in [0.25, 0.3) is 0 Å². The zero-order valence-corrected chi connectivity index (χ0v) is 9.84. The van der Waals surface area contributed by atoms with Gasteiger partial charge in [-0.05, 0) is 19.1 Å². The first kappa shape index (κ1) is 13.9. The molecule has 0 aliphatic carbocycles. The molecule has 18 heavy (non-hydrogen) atoms. The topological polar surface area (TPSA) is 95.5 Å². The molecule has 0 radical (unpaired) electrons. The predicted octanol–water partition coefficient (Wildman–Crippen LogP) is 0.269. The number of benzene rings is 1. The Morgan fingerprint density at radius 3 is 2.33 bits per heavy atom. The standard InChI is InChI=1S/C12H14N2O4/c1-8(15)10(7-11(16)14-18)13-12(17)9-5-3-2-4-6-9/h2-6,10,18H,7H2,1H3,(H,13,17)(H,14,16)/t10-/m0/s1. The van der Waals surface area contributed by atoms with Crippen molar-refractivity contribution in [2.45, 2.75) is 19.4 Å². The van der Waals surface area contributed by atoms with Crippen LogP contribution in [0.3, 0.4) is 0 Å². The van der Waals surface area contributed by atoms with E-state index in [0.29, 0.717) is 5.56 Å². The number of rotatable bonds is 5. The van der Waals surface area contributed by atoms with Gasteiger partial charge in [0, 0.05) is 5.56 Å². The molecule has 6 nitrogen and oxygen atoms in total. The second-order valence-corrected chi connectivity index (χ2v) is 3.74. The van der Waals surface area contributed by atoms with Crippen molar-refractivity contribution in [2.24, 2.45) is 0 Å². The fraction of sp³-hybridized carbons (Fsp3) is 0.250. The number of amides is 2. The van der Waals surface area contributed by atoms with E-state index in [2.05, 4.69) is 5.32 Å². The first-order valence-corrected chi connectivity index (χ1v) is 5.34. The van der Waals surface area contributed by atoms with E-state index in [1.54, 1.807) is 30.3 Å². The van der Waals surface area contributed by atoms with E-state index in [1.165, 1.54) is 12.4 Å². The molecule has 0 spiro atoms. The molecule has 0 saturated carbocycles. The zero-order valence-electron chi connectivity index (χ0n) is 9.84. The molecule has 1 aromatic rings. The summed E-state index contributed by atoms with van der Waals surface area (Å²) in [6.45, 7) is 1.26. The van der Waals surface area contributed by atoms with Gasteiger partial charge in [0.25, 0.3) is 5.91 Å². The van der Waals surface area contributed by atoms with E-state index in [-0.39, 0.29) is 12.2 Å². The highest BCUT2D eigenvalue weighted by atomic mass is 16.5. The van der Waals surface area contributed by atoms with Gasteiger partial charge < -0.3 is 5.32 Å². The minimum Gasteiger partial charge on any atom is -0.342 e. The quantitative estimate of drug-likeness (QED) is 0.516. The number of nitrogens with one attached hydrogen (secondary N) is 2. The normalized spacial score (nSPS) is 11.4. The third-order valence-electron chi connectivity index (χ3n) is 2.35. The van der Waals surface area contributed by atoms with Crippen molar-refractivity contribution in [3.8, 4) is 0 Å². The van der Waals surface area contributed by atoms with E-state index in [1.807, 2.05) is 0 Å². The Hall–Kier alpha value is -2.21. The summed E-state index contributed by atoms with van der Waals surface area (Å²) in [6, 6.07) is 7.39. The number of carbonyl (C=O) groups is 3. The fourth-order valence-electron chi connectivity index (χ4n) is 1.36. The molecule has 96 valence electrons. The monoisotopic (exact) mass is 250 g/mol. The van der Waals surface area contributed by atoms with E-state index >= 15 is 0 Å². The lowest BCUT2D eigenvalue weighted by Crippen LogP contribution is -2.42. The van der Waals surface area contributed by atoms with Crippen molar-refractivity contribution >= 4 is 17.6 Å². The van der Waals surface area contributed by atoms with Gasteiger partial charge in [0.15, 0.2) is 5.78 Å². The molecular weight excluding hydrogens is 236 g/mol. The number of ketones is 1. The maximum absolute atomic E-state index is 11.8. The number of hydrogen-bond acceptors (Lipinski definition) is 4. The molecule has 6 heteroatoms. The SMILES string of the molecule is CC(=O)[C@H](CC(=O)NO)NC(=O)c1ccccc1. The second kappa shape index (κ2) is 6.51. The summed E-state index contributed by atoms with van der Waals surface area (Å²) >= 11 is 0. The van der Waals surface area contributed by atoms with Gasteiger partial charge in [-0.15, -0.1) is 0 Å². The van der Waals surface area contributed by atoms with Gasteiger partial charge in [-0.3, -0.25) is 19.6 Å². The summed E-state index contributed by atoms with van der Waals surface area (Å²) in [6.07, 6.45) is -0.301. The Kier molecular flexibility index (Phi) is 5.01. The molecule has 2 amide bonds. The minimum absolute atomic E-state index is 0.301. The summed E-state index contributed by atoms with van der Waals surface area (Å²) in [5.74, 6) is -1.53. The van der Waals surface area contributed by atoms with Gasteiger partial charge >= 0.3 is 0 Å². The first-order valence-electron chi connectivity index (χ1n) is 5.34. The Bertz CT molecular complexity index is 445. The molecular formula is C12H14N2O4. The van der Waals surface area contributed by atoms with Crippen molar-refractivity contribution < 1.29 is 19.6 Å². The molecule has 0 aliphatic heterocycles. The fourth-order valence-corrected chi connectivity index (χ4v) is 1.36. The summed E-state index contributed by atoms with van der Waals surface area (Å²) in [5, 5.41) is 10.8. The molecule has 1 rings (SSSR count). The number of hydroxylamine groups is 1. The van der Waals surface area contributed by atoms with Crippen molar-refractivity contribution in [2.75, 3.05) is 0 Å². The van der Waals surface area contributed by atoms with E-state index in [9.17, 15) is 14.4 Å². The van der Waals surface area contributed by atoms with Crippen LogP contribution in [-0.2, 0) is 9.59 Å². The predicted molar refractivity (Wildman–Crippen MR) is 62.9 cm³/mol. The van der Waals surface area contributed by atoms with Crippen molar-refractivity contribution in [3.05, 3.63) is 35.9 Å². The van der Waals surface area contributed by atoms with Gasteiger partial charge in [0.05, 0.1) is 12.5 Å². The summed E-state index contributed by atoms with van der Waals surface area (Å²) < 4.78 is 0. The Morgan fingerprint density at radius 1 is 1.22 bits per heavy atom. The second-order valence-electron chi connectivity index (χ2n) is 3.74. The highest BCUT2D eigenvalue weighted by molar-refractivity contribution is 5.98. The third kappa shape index (κ3) is 3.99. The molecule has 0 aromatic heterocycles. The van der Waals surface area contributed by atoms with E-state index in [0.717, 1.165) is 0 Å². The molecule has 0 unspecified atom stereocenters. The smallest absolute Gasteiger partial charge is 0.251 e. The van der Waals surface area contributed by atoms with Gasteiger partial charge in [0.1, 0.15) is 0 Å². The number of carbonyl (C=O) groups excluding carboxylic acids is 3. The third-order valence-corrected chi connectivity index (χ3v) is 2.35. The lowest BCUT2D eigenvalue weighted by molar-refractivity contribution is -0.132. The summed E-state index contributed by atoms with van der Waals surface area (Å²) in [4.78, 5) is 34.0.